The minimum Gasteiger partial charge on any atom is -0.318 e. The number of hydrogen-bond acceptors (Lipinski definition) is 4. The van der Waals surface area contributed by atoms with Gasteiger partial charge in [0.1, 0.15) is 0 Å². The van der Waals surface area contributed by atoms with Crippen LogP contribution >= 0.6 is 0 Å². The summed E-state index contributed by atoms with van der Waals surface area (Å²) in [5, 5.41) is 11.0. The maximum absolute atomic E-state index is 12.9. The number of aromatic nitrogens is 2. The molecule has 0 amide bonds. The Morgan fingerprint density at radius 1 is 1.10 bits per heavy atom. The summed E-state index contributed by atoms with van der Waals surface area (Å²) >= 11 is 0. The summed E-state index contributed by atoms with van der Waals surface area (Å²) in [6.45, 7) is 3.58. The predicted molar refractivity (Wildman–Crippen MR) is 109 cm³/mol. The summed E-state index contributed by atoms with van der Waals surface area (Å²) in [6.07, 6.45) is 4.47. The van der Waals surface area contributed by atoms with Gasteiger partial charge in [-0.05, 0) is 62.4 Å². The third kappa shape index (κ3) is 3.40. The van der Waals surface area contributed by atoms with E-state index in [1.165, 1.54) is 17.5 Å². The number of Topliss-reactive ketones (excluding diaryl/α,β-unsaturated/α-hetero) is 1. The number of carbonyl (C=O) groups is 1. The van der Waals surface area contributed by atoms with E-state index < -0.39 is 10.5 Å². The standard InChI is InChI=1S/C22H21N3O4/c1-14-10-20(21(26)13-23-12-19(25(28)29)8-9-22(23)27)15(2)24(14)18-7-6-16-4-3-5-17(16)11-18/h6-12H,3-5,13H2,1-2H3. The van der Waals surface area contributed by atoms with Crippen LogP contribution in [-0.2, 0) is 19.4 Å². The summed E-state index contributed by atoms with van der Waals surface area (Å²) in [5.41, 5.74) is 5.33. The van der Waals surface area contributed by atoms with Crippen LogP contribution in [0.25, 0.3) is 5.69 Å². The van der Waals surface area contributed by atoms with Gasteiger partial charge in [0.15, 0.2) is 5.78 Å². The van der Waals surface area contributed by atoms with Crippen molar-refractivity contribution in [1.29, 1.82) is 0 Å². The highest BCUT2D eigenvalue weighted by Gasteiger charge is 2.19. The molecule has 1 aliphatic rings. The molecule has 0 N–H and O–H groups in total. The zero-order valence-corrected chi connectivity index (χ0v) is 16.3. The van der Waals surface area contributed by atoms with Crippen LogP contribution in [0.5, 0.6) is 0 Å². The second-order valence-electron chi connectivity index (χ2n) is 7.46. The molecule has 1 aliphatic carbocycles. The Morgan fingerprint density at radius 3 is 2.62 bits per heavy atom. The smallest absolute Gasteiger partial charge is 0.285 e. The van der Waals surface area contributed by atoms with Crippen molar-refractivity contribution in [3.8, 4) is 5.69 Å². The van der Waals surface area contributed by atoms with E-state index >= 15 is 0 Å². The fourth-order valence-electron chi connectivity index (χ4n) is 4.13. The first-order valence-corrected chi connectivity index (χ1v) is 9.54. The highest BCUT2D eigenvalue weighted by Crippen LogP contribution is 2.27. The third-order valence-corrected chi connectivity index (χ3v) is 5.56. The lowest BCUT2D eigenvalue weighted by Gasteiger charge is -2.12. The first-order chi connectivity index (χ1) is 13.8. The summed E-state index contributed by atoms with van der Waals surface area (Å²) in [7, 11) is 0. The van der Waals surface area contributed by atoms with E-state index in [4.69, 9.17) is 0 Å². The number of pyridine rings is 1. The van der Waals surface area contributed by atoms with Crippen LogP contribution in [0.2, 0.25) is 0 Å². The summed E-state index contributed by atoms with van der Waals surface area (Å²) in [6, 6.07) is 10.5. The lowest BCUT2D eigenvalue weighted by atomic mass is 10.1. The van der Waals surface area contributed by atoms with Gasteiger partial charge in [-0.25, -0.2) is 0 Å². The average molecular weight is 391 g/mol. The van der Waals surface area contributed by atoms with Crippen LogP contribution < -0.4 is 5.56 Å². The minimum absolute atomic E-state index is 0.221. The second-order valence-corrected chi connectivity index (χ2v) is 7.46. The van der Waals surface area contributed by atoms with Crippen LogP contribution in [0.3, 0.4) is 0 Å². The van der Waals surface area contributed by atoms with E-state index in [1.807, 2.05) is 24.5 Å². The molecule has 2 aromatic heterocycles. The molecule has 0 unspecified atom stereocenters. The van der Waals surface area contributed by atoms with E-state index in [9.17, 15) is 19.7 Å². The molecular weight excluding hydrogens is 370 g/mol. The number of aryl methyl sites for hydroxylation is 3. The second kappa shape index (κ2) is 7.16. The molecule has 0 saturated carbocycles. The van der Waals surface area contributed by atoms with Gasteiger partial charge in [0, 0.05) is 34.8 Å². The lowest BCUT2D eigenvalue weighted by Crippen LogP contribution is -2.23. The number of fused-ring (bicyclic) bond motifs is 1. The monoisotopic (exact) mass is 391 g/mol. The molecule has 2 heterocycles. The van der Waals surface area contributed by atoms with E-state index in [0.717, 1.165) is 52.8 Å². The van der Waals surface area contributed by atoms with Crippen LogP contribution in [-0.4, -0.2) is 19.8 Å². The Hall–Kier alpha value is -3.48. The number of ketones is 1. The van der Waals surface area contributed by atoms with Crippen molar-refractivity contribution in [3.63, 3.8) is 0 Å². The molecule has 29 heavy (non-hydrogen) atoms. The fourth-order valence-corrected chi connectivity index (χ4v) is 4.13. The molecule has 0 saturated heterocycles. The molecule has 0 aliphatic heterocycles. The molecule has 7 nitrogen and oxygen atoms in total. The minimum atomic E-state index is -0.583. The molecule has 1 aromatic carbocycles. The van der Waals surface area contributed by atoms with Crippen molar-refractivity contribution < 1.29 is 9.72 Å². The van der Waals surface area contributed by atoms with Crippen molar-refractivity contribution in [2.24, 2.45) is 0 Å². The molecule has 3 aromatic rings. The molecule has 0 radical (unpaired) electrons. The van der Waals surface area contributed by atoms with Crippen LogP contribution in [0.15, 0.2) is 47.4 Å². The lowest BCUT2D eigenvalue weighted by molar-refractivity contribution is -0.385. The maximum Gasteiger partial charge on any atom is 0.285 e. The van der Waals surface area contributed by atoms with Crippen LogP contribution in [0, 0.1) is 24.0 Å². The van der Waals surface area contributed by atoms with Gasteiger partial charge in [0.05, 0.1) is 17.7 Å². The van der Waals surface area contributed by atoms with Gasteiger partial charge < -0.3 is 9.13 Å². The van der Waals surface area contributed by atoms with Gasteiger partial charge >= 0.3 is 0 Å². The molecule has 7 heteroatoms. The normalized spacial score (nSPS) is 12.8. The van der Waals surface area contributed by atoms with Crippen molar-refractivity contribution in [1.82, 2.24) is 9.13 Å². The molecule has 0 atom stereocenters. The zero-order chi connectivity index (χ0) is 20.7. The summed E-state index contributed by atoms with van der Waals surface area (Å²) in [5.74, 6) is -0.256. The van der Waals surface area contributed by atoms with Gasteiger partial charge in [0.25, 0.3) is 11.2 Å². The van der Waals surface area contributed by atoms with E-state index in [0.29, 0.717) is 5.56 Å². The van der Waals surface area contributed by atoms with E-state index in [2.05, 4.69) is 18.2 Å². The summed E-state index contributed by atoms with van der Waals surface area (Å²) < 4.78 is 3.13. The topological polar surface area (TPSA) is 87.1 Å². The van der Waals surface area contributed by atoms with Crippen molar-refractivity contribution in [2.75, 3.05) is 0 Å². The third-order valence-electron chi connectivity index (χ3n) is 5.56. The largest absolute Gasteiger partial charge is 0.318 e. The Morgan fingerprint density at radius 2 is 1.86 bits per heavy atom. The Kier molecular flexibility index (Phi) is 4.66. The number of hydrogen-bond donors (Lipinski definition) is 0. The van der Waals surface area contributed by atoms with Gasteiger partial charge in [0.2, 0.25) is 0 Å². The van der Waals surface area contributed by atoms with Crippen molar-refractivity contribution >= 4 is 11.5 Å². The quantitative estimate of drug-likeness (QED) is 0.378. The van der Waals surface area contributed by atoms with Crippen molar-refractivity contribution in [3.05, 3.63) is 91.1 Å². The first-order valence-electron chi connectivity index (χ1n) is 9.54. The molecule has 148 valence electrons. The van der Waals surface area contributed by atoms with Crippen molar-refractivity contribution in [2.45, 2.75) is 39.7 Å². The number of benzene rings is 1. The Balaban J connectivity index is 1.68. The summed E-state index contributed by atoms with van der Waals surface area (Å²) in [4.78, 5) is 35.3. The van der Waals surface area contributed by atoms with Gasteiger partial charge in [-0.3, -0.25) is 19.7 Å². The Bertz CT molecular complexity index is 1200. The van der Waals surface area contributed by atoms with E-state index in [-0.39, 0.29) is 18.0 Å². The van der Waals surface area contributed by atoms with Crippen LogP contribution in [0.1, 0.15) is 39.3 Å². The van der Waals surface area contributed by atoms with Crippen LogP contribution in [0.4, 0.5) is 5.69 Å². The fraction of sp³-hybridized carbons (Fsp3) is 0.273. The molecule has 0 fully saturated rings. The number of carbonyl (C=O) groups excluding carboxylic acids is 1. The molecular formula is C22H21N3O4. The zero-order valence-electron chi connectivity index (χ0n) is 16.3. The van der Waals surface area contributed by atoms with Gasteiger partial charge in [-0.1, -0.05) is 6.07 Å². The number of rotatable bonds is 5. The first kappa shape index (κ1) is 18.9. The highest BCUT2D eigenvalue weighted by molar-refractivity contribution is 5.97. The Labute approximate surface area is 167 Å². The number of nitro groups is 1. The van der Waals surface area contributed by atoms with Gasteiger partial charge in [-0.15, -0.1) is 0 Å². The number of nitrogens with zero attached hydrogens (tertiary/aromatic N) is 3. The van der Waals surface area contributed by atoms with E-state index in [1.54, 1.807) is 0 Å². The SMILES string of the molecule is Cc1cc(C(=O)Cn2cc([N+](=O)[O-])ccc2=O)c(C)n1-c1ccc2c(c1)CCC2. The molecule has 0 bridgehead atoms. The highest BCUT2D eigenvalue weighted by atomic mass is 16.6. The molecule has 4 rings (SSSR count). The maximum atomic E-state index is 12.9. The molecule has 0 spiro atoms. The predicted octanol–water partition coefficient (Wildman–Crippen LogP) is 3.54. The average Bonchev–Trinajstić information content (AvgIpc) is 3.26. The van der Waals surface area contributed by atoms with Gasteiger partial charge in [-0.2, -0.15) is 0 Å².